The van der Waals surface area contributed by atoms with E-state index in [1.807, 2.05) is 30.3 Å². The lowest BCUT2D eigenvalue weighted by molar-refractivity contribution is -0.141. The average Bonchev–Trinajstić information content (AvgIpc) is 3.72. The smallest absolute Gasteiger partial charge is 0.407 e. The Morgan fingerprint density at radius 1 is 0.980 bits per heavy atom. The van der Waals surface area contributed by atoms with Gasteiger partial charge in [-0.1, -0.05) is 30.3 Å². The van der Waals surface area contributed by atoms with Crippen LogP contribution in [0.3, 0.4) is 0 Å². The molecule has 11 nitrogen and oxygen atoms in total. The maximum absolute atomic E-state index is 14.1. The van der Waals surface area contributed by atoms with Crippen molar-refractivity contribution in [2.45, 2.75) is 76.5 Å². The van der Waals surface area contributed by atoms with Crippen LogP contribution in [0.25, 0.3) is 10.9 Å². The highest BCUT2D eigenvalue weighted by atomic mass is 19.1. The molecular formula is C37H47FN4O7. The molecule has 0 radical (unpaired) electrons. The summed E-state index contributed by atoms with van der Waals surface area (Å²) in [6, 6.07) is 15.3. The number of carbonyl (C=O) groups is 4. The number of hydrogen-bond donors (Lipinski definition) is 3. The minimum absolute atomic E-state index is 0.0772. The molecule has 2 fully saturated rings. The Kier molecular flexibility index (Phi) is 11.6. The van der Waals surface area contributed by atoms with Crippen LogP contribution in [0.4, 0.5) is 14.9 Å². The maximum Gasteiger partial charge on any atom is 0.407 e. The number of nitrogens with one attached hydrogen (secondary N) is 3. The third kappa shape index (κ3) is 8.97. The molecule has 264 valence electrons. The van der Waals surface area contributed by atoms with Crippen LogP contribution in [0.1, 0.15) is 74.8 Å². The van der Waals surface area contributed by atoms with Gasteiger partial charge in [-0.25, -0.2) is 14.0 Å². The summed E-state index contributed by atoms with van der Waals surface area (Å²) >= 11 is 0. The van der Waals surface area contributed by atoms with Crippen molar-refractivity contribution in [1.82, 2.24) is 15.2 Å². The highest BCUT2D eigenvalue weighted by molar-refractivity contribution is 6.01. The van der Waals surface area contributed by atoms with E-state index in [0.717, 1.165) is 10.9 Å². The molecule has 3 atom stereocenters. The first-order chi connectivity index (χ1) is 23.5. The molecule has 49 heavy (non-hydrogen) atoms. The summed E-state index contributed by atoms with van der Waals surface area (Å²) in [6.07, 6.45) is 2.22. The largest absolute Gasteiger partial charge is 0.459 e. The molecule has 5 rings (SSSR count). The van der Waals surface area contributed by atoms with Gasteiger partial charge in [0, 0.05) is 42.1 Å². The summed E-state index contributed by atoms with van der Waals surface area (Å²) in [5.74, 6) is -1.49. The van der Waals surface area contributed by atoms with Gasteiger partial charge in [0.15, 0.2) is 0 Å². The molecule has 1 saturated heterocycles. The van der Waals surface area contributed by atoms with Crippen LogP contribution in [0.2, 0.25) is 0 Å². The second-order valence-corrected chi connectivity index (χ2v) is 13.9. The number of rotatable bonds is 11. The number of methoxy groups -OCH3 is 1. The van der Waals surface area contributed by atoms with E-state index in [9.17, 15) is 23.6 Å². The summed E-state index contributed by atoms with van der Waals surface area (Å²) in [5.41, 5.74) is 1.84. The molecule has 2 aliphatic rings. The number of benzene rings is 2. The van der Waals surface area contributed by atoms with Gasteiger partial charge in [0.2, 0.25) is 11.8 Å². The maximum atomic E-state index is 14.1. The van der Waals surface area contributed by atoms with Crippen molar-refractivity contribution < 1.29 is 37.8 Å². The first-order valence-electron chi connectivity index (χ1n) is 17.0. The van der Waals surface area contributed by atoms with Crippen molar-refractivity contribution in [3.8, 4) is 0 Å². The Hall–Kier alpha value is -4.45. The zero-order valence-electron chi connectivity index (χ0n) is 28.6. The average molecular weight is 679 g/mol. The summed E-state index contributed by atoms with van der Waals surface area (Å²) in [4.78, 5) is 57.7. The fourth-order valence-corrected chi connectivity index (χ4v) is 6.99. The Labute approximate surface area is 286 Å². The number of amides is 3. The molecule has 3 N–H and O–H groups in total. The van der Waals surface area contributed by atoms with Crippen LogP contribution in [0, 0.1) is 11.8 Å². The zero-order valence-corrected chi connectivity index (χ0v) is 28.6. The van der Waals surface area contributed by atoms with Crippen molar-refractivity contribution in [1.29, 1.82) is 0 Å². The Balaban J connectivity index is 1.28. The summed E-state index contributed by atoms with van der Waals surface area (Å²) in [7, 11) is 1.53. The molecule has 0 unspecified atom stereocenters. The number of esters is 1. The predicted octanol–water partition coefficient (Wildman–Crippen LogP) is 5.96. The van der Waals surface area contributed by atoms with Crippen LogP contribution < -0.4 is 10.6 Å². The molecule has 0 bridgehead atoms. The van der Waals surface area contributed by atoms with Gasteiger partial charge in [-0.2, -0.15) is 0 Å². The van der Waals surface area contributed by atoms with Crippen LogP contribution in [-0.2, 0) is 23.8 Å². The van der Waals surface area contributed by atoms with Gasteiger partial charge in [-0.15, -0.1) is 0 Å². The van der Waals surface area contributed by atoms with Gasteiger partial charge in [0.25, 0.3) is 0 Å². The Bertz CT molecular complexity index is 1610. The third-order valence-corrected chi connectivity index (χ3v) is 9.36. The Morgan fingerprint density at radius 2 is 1.71 bits per heavy atom. The van der Waals surface area contributed by atoms with Gasteiger partial charge in [-0.05, 0) is 88.6 Å². The number of alkyl carbamates (subject to hydrolysis) is 1. The van der Waals surface area contributed by atoms with Crippen molar-refractivity contribution in [3.05, 3.63) is 65.9 Å². The van der Waals surface area contributed by atoms with Crippen molar-refractivity contribution >= 4 is 40.5 Å². The molecule has 12 heteroatoms. The first-order valence-corrected chi connectivity index (χ1v) is 17.0. The Morgan fingerprint density at radius 3 is 2.39 bits per heavy atom. The molecule has 1 aromatic heterocycles. The van der Waals surface area contributed by atoms with Crippen molar-refractivity contribution in [3.63, 3.8) is 0 Å². The van der Waals surface area contributed by atoms with E-state index in [1.165, 1.54) is 7.11 Å². The normalized spacial score (nSPS) is 21.6. The minimum Gasteiger partial charge on any atom is -0.459 e. The van der Waals surface area contributed by atoms with Crippen molar-refractivity contribution in [2.75, 3.05) is 38.9 Å². The molecule has 2 aromatic carbocycles. The highest BCUT2D eigenvalue weighted by Crippen LogP contribution is 2.39. The quantitative estimate of drug-likeness (QED) is 0.168. The number of halogens is 1. The van der Waals surface area contributed by atoms with Gasteiger partial charge in [-0.3, -0.25) is 9.59 Å². The lowest BCUT2D eigenvalue weighted by atomic mass is 9.78. The van der Waals surface area contributed by atoms with Crippen LogP contribution >= 0.6 is 0 Å². The second kappa shape index (κ2) is 15.8. The number of aromatic nitrogens is 1. The van der Waals surface area contributed by atoms with E-state index in [1.54, 1.807) is 49.9 Å². The number of likely N-dealkylation sites (tertiary alicyclic amines) is 1. The first kappa shape index (κ1) is 35.8. The zero-order chi connectivity index (χ0) is 35.1. The molecule has 2 heterocycles. The molecule has 3 amide bonds. The van der Waals surface area contributed by atoms with Crippen molar-refractivity contribution in [2.24, 2.45) is 11.8 Å². The molecular weight excluding hydrogens is 631 g/mol. The summed E-state index contributed by atoms with van der Waals surface area (Å²) in [6.45, 7) is 5.41. The van der Waals surface area contributed by atoms with Crippen LogP contribution in [-0.4, -0.2) is 85.0 Å². The number of carbonyl (C=O) groups excluding carboxylic acids is 4. The van der Waals surface area contributed by atoms with Gasteiger partial charge in [0.05, 0.1) is 12.6 Å². The standard InChI is InChI=1S/C37H47FN4O7/c1-37(2,3)49-36(46)41-31(22-38)24-10-12-25(13-11-24)34(44)42-17-16-28(23-8-6-5-7-9-23)32(42)33(43)39-27-14-15-29-26(20-27)21-30(40-29)35(45)48-19-18-47-4/h5-9,14-15,20-21,24-25,28,31-32,40H,10-13,16-19,22H2,1-4H3,(H,39,43)(H,41,46)/t24-,25-,28-,31-,32+/m1/s1. The highest BCUT2D eigenvalue weighted by Gasteiger charge is 2.45. The lowest BCUT2D eigenvalue weighted by Crippen LogP contribution is -2.49. The number of aromatic amines is 1. The van der Waals surface area contributed by atoms with Gasteiger partial charge >= 0.3 is 12.1 Å². The lowest BCUT2D eigenvalue weighted by Gasteiger charge is -2.36. The number of H-pyrrole nitrogens is 1. The molecule has 1 aliphatic heterocycles. The number of hydrogen-bond acceptors (Lipinski definition) is 7. The monoisotopic (exact) mass is 678 g/mol. The van der Waals surface area contributed by atoms with E-state index < -0.39 is 36.4 Å². The number of alkyl halides is 1. The van der Waals surface area contributed by atoms with Crippen LogP contribution in [0.15, 0.2) is 54.6 Å². The fourth-order valence-electron chi connectivity index (χ4n) is 6.99. The van der Waals surface area contributed by atoms with E-state index in [0.29, 0.717) is 62.2 Å². The number of fused-ring (bicyclic) bond motifs is 1. The molecule has 3 aromatic rings. The van der Waals surface area contributed by atoms with E-state index in [4.69, 9.17) is 14.2 Å². The molecule has 1 saturated carbocycles. The molecule has 1 aliphatic carbocycles. The number of anilines is 1. The number of nitrogens with zero attached hydrogens (tertiary/aromatic N) is 1. The van der Waals surface area contributed by atoms with Gasteiger partial charge in [0.1, 0.15) is 30.6 Å². The number of ether oxygens (including phenoxy) is 3. The van der Waals surface area contributed by atoms with E-state index in [-0.39, 0.29) is 36.2 Å². The van der Waals surface area contributed by atoms with E-state index >= 15 is 0 Å². The van der Waals surface area contributed by atoms with Gasteiger partial charge < -0.3 is 34.7 Å². The predicted molar refractivity (Wildman–Crippen MR) is 183 cm³/mol. The second-order valence-electron chi connectivity index (χ2n) is 13.9. The SMILES string of the molecule is COCCOC(=O)c1cc2cc(NC(=O)[C@@H]3[C@@H](c4ccccc4)CCN3C(=O)[C@H]3CC[C@H]([C@@H](CF)NC(=O)OC(C)(C)C)CC3)ccc2[nH]1. The molecule has 0 spiro atoms. The van der Waals surface area contributed by atoms with Crippen LogP contribution in [0.5, 0.6) is 0 Å². The summed E-state index contributed by atoms with van der Waals surface area (Å²) < 4.78 is 29.5. The minimum atomic E-state index is -0.728. The van der Waals surface area contributed by atoms with E-state index in [2.05, 4.69) is 15.6 Å². The fraction of sp³-hybridized carbons (Fsp3) is 0.514. The third-order valence-electron chi connectivity index (χ3n) is 9.36. The summed E-state index contributed by atoms with van der Waals surface area (Å²) in [5, 5.41) is 6.43. The topological polar surface area (TPSA) is 139 Å².